The second kappa shape index (κ2) is 5.48. The first kappa shape index (κ1) is 13.0. The van der Waals surface area contributed by atoms with E-state index in [2.05, 4.69) is 29.1 Å². The molecule has 1 saturated heterocycles. The Balaban J connectivity index is 1.88. The number of carboxylic acid groups (broad SMARTS) is 1. The highest BCUT2D eigenvalue weighted by atomic mass is 16.4. The number of nitrogens with zero attached hydrogens (tertiary/aromatic N) is 4. The zero-order valence-corrected chi connectivity index (χ0v) is 10.9. The Bertz CT molecular complexity index is 416. The number of aromatic nitrogens is 3. The minimum atomic E-state index is -1.03. The standard InChI is InChI=1S/C12H20N4O2/c1-9(2)11-4-3-5-15(11)6-7-16-8-10(12(17)18)13-14-16/h8-9,11H,3-7H2,1-2H3,(H,17,18). The van der Waals surface area contributed by atoms with Gasteiger partial charge in [0.15, 0.2) is 5.69 Å². The fraction of sp³-hybridized carbons (Fsp3) is 0.750. The summed E-state index contributed by atoms with van der Waals surface area (Å²) in [5.41, 5.74) is 0.0110. The van der Waals surface area contributed by atoms with E-state index in [1.54, 1.807) is 4.68 Å². The summed E-state index contributed by atoms with van der Waals surface area (Å²) in [6, 6.07) is 0.646. The second-order valence-corrected chi connectivity index (χ2v) is 5.16. The van der Waals surface area contributed by atoms with E-state index in [1.165, 1.54) is 19.0 Å². The lowest BCUT2D eigenvalue weighted by atomic mass is 10.0. The van der Waals surface area contributed by atoms with E-state index < -0.39 is 5.97 Å². The Kier molecular flexibility index (Phi) is 3.96. The van der Waals surface area contributed by atoms with Crippen LogP contribution in [0.1, 0.15) is 37.2 Å². The van der Waals surface area contributed by atoms with Crippen molar-refractivity contribution < 1.29 is 9.90 Å². The van der Waals surface area contributed by atoms with Gasteiger partial charge in [-0.05, 0) is 25.3 Å². The zero-order chi connectivity index (χ0) is 13.1. The van der Waals surface area contributed by atoms with Crippen LogP contribution in [0, 0.1) is 5.92 Å². The van der Waals surface area contributed by atoms with Crippen LogP contribution in [0.4, 0.5) is 0 Å². The van der Waals surface area contributed by atoms with Crippen LogP contribution >= 0.6 is 0 Å². The fourth-order valence-electron chi connectivity index (χ4n) is 2.62. The van der Waals surface area contributed by atoms with Crippen LogP contribution in [0.2, 0.25) is 0 Å². The minimum Gasteiger partial charge on any atom is -0.476 e. The van der Waals surface area contributed by atoms with Crippen molar-refractivity contribution in [3.8, 4) is 0 Å². The van der Waals surface area contributed by atoms with Gasteiger partial charge in [-0.25, -0.2) is 4.79 Å². The predicted octanol–water partition coefficient (Wildman–Crippen LogP) is 1.10. The van der Waals surface area contributed by atoms with Gasteiger partial charge >= 0.3 is 5.97 Å². The predicted molar refractivity (Wildman–Crippen MR) is 66.4 cm³/mol. The van der Waals surface area contributed by atoms with E-state index in [9.17, 15) is 4.79 Å². The molecule has 2 heterocycles. The summed E-state index contributed by atoms with van der Waals surface area (Å²) < 4.78 is 1.61. The lowest BCUT2D eigenvalue weighted by Crippen LogP contribution is -2.35. The number of hydrogen-bond donors (Lipinski definition) is 1. The SMILES string of the molecule is CC(C)C1CCCN1CCn1cc(C(=O)O)nn1. The third kappa shape index (κ3) is 2.87. The molecule has 1 fully saturated rings. The number of carboxylic acids is 1. The van der Waals surface area contributed by atoms with Crippen molar-refractivity contribution in [1.29, 1.82) is 0 Å². The molecule has 18 heavy (non-hydrogen) atoms. The van der Waals surface area contributed by atoms with Gasteiger partial charge in [0.2, 0.25) is 0 Å². The highest BCUT2D eigenvalue weighted by molar-refractivity contribution is 5.84. The lowest BCUT2D eigenvalue weighted by Gasteiger charge is -2.27. The first-order valence-corrected chi connectivity index (χ1v) is 6.45. The summed E-state index contributed by atoms with van der Waals surface area (Å²) in [4.78, 5) is 13.2. The summed E-state index contributed by atoms with van der Waals surface area (Å²) in [5.74, 6) is -0.361. The molecular weight excluding hydrogens is 232 g/mol. The molecule has 1 atom stereocenters. The third-order valence-corrected chi connectivity index (χ3v) is 3.56. The third-order valence-electron chi connectivity index (χ3n) is 3.56. The first-order valence-electron chi connectivity index (χ1n) is 6.45. The molecule has 1 aromatic rings. The van der Waals surface area contributed by atoms with E-state index in [4.69, 9.17) is 5.11 Å². The largest absolute Gasteiger partial charge is 0.476 e. The molecule has 1 aliphatic heterocycles. The number of hydrogen-bond acceptors (Lipinski definition) is 4. The average molecular weight is 252 g/mol. The summed E-state index contributed by atoms with van der Waals surface area (Å²) in [7, 11) is 0. The molecule has 0 bridgehead atoms. The molecule has 0 radical (unpaired) electrons. The fourth-order valence-corrected chi connectivity index (χ4v) is 2.62. The zero-order valence-electron chi connectivity index (χ0n) is 10.9. The van der Waals surface area contributed by atoms with Crippen molar-refractivity contribution in [3.63, 3.8) is 0 Å². The Morgan fingerprint density at radius 3 is 2.94 bits per heavy atom. The highest BCUT2D eigenvalue weighted by Crippen LogP contribution is 2.23. The quantitative estimate of drug-likeness (QED) is 0.849. The van der Waals surface area contributed by atoms with Gasteiger partial charge in [0.25, 0.3) is 0 Å². The van der Waals surface area contributed by atoms with E-state index in [0.29, 0.717) is 18.5 Å². The number of aromatic carboxylic acids is 1. The van der Waals surface area contributed by atoms with E-state index in [-0.39, 0.29) is 5.69 Å². The van der Waals surface area contributed by atoms with Gasteiger partial charge in [0.1, 0.15) is 0 Å². The van der Waals surface area contributed by atoms with Crippen LogP contribution in [0.5, 0.6) is 0 Å². The van der Waals surface area contributed by atoms with E-state index in [0.717, 1.165) is 13.1 Å². The van der Waals surface area contributed by atoms with Crippen LogP contribution in [-0.2, 0) is 6.54 Å². The molecule has 100 valence electrons. The molecule has 0 spiro atoms. The molecule has 1 aromatic heterocycles. The van der Waals surface area contributed by atoms with Crippen LogP contribution in [0.15, 0.2) is 6.20 Å². The summed E-state index contributed by atoms with van der Waals surface area (Å²) >= 11 is 0. The van der Waals surface area contributed by atoms with E-state index >= 15 is 0 Å². The maximum Gasteiger partial charge on any atom is 0.358 e. The first-order chi connectivity index (χ1) is 8.58. The minimum absolute atomic E-state index is 0.0110. The van der Waals surface area contributed by atoms with Gasteiger partial charge < -0.3 is 5.11 Å². The van der Waals surface area contributed by atoms with Crippen molar-refractivity contribution in [2.75, 3.05) is 13.1 Å². The average Bonchev–Trinajstić information content (AvgIpc) is 2.95. The molecule has 0 aromatic carbocycles. The Hall–Kier alpha value is -1.43. The van der Waals surface area contributed by atoms with Gasteiger partial charge in [-0.3, -0.25) is 9.58 Å². The van der Waals surface area contributed by atoms with Gasteiger partial charge in [-0.1, -0.05) is 19.1 Å². The van der Waals surface area contributed by atoms with Crippen molar-refractivity contribution >= 4 is 5.97 Å². The monoisotopic (exact) mass is 252 g/mol. The highest BCUT2D eigenvalue weighted by Gasteiger charge is 2.26. The van der Waals surface area contributed by atoms with E-state index in [1.807, 2.05) is 0 Å². The maximum absolute atomic E-state index is 10.7. The molecule has 6 nitrogen and oxygen atoms in total. The van der Waals surface area contributed by atoms with Crippen LogP contribution < -0.4 is 0 Å². The van der Waals surface area contributed by atoms with Gasteiger partial charge in [0.05, 0.1) is 12.7 Å². The number of rotatable bonds is 5. The van der Waals surface area contributed by atoms with Gasteiger partial charge in [-0.15, -0.1) is 5.10 Å². The number of carbonyl (C=O) groups is 1. The molecule has 1 unspecified atom stereocenters. The summed E-state index contributed by atoms with van der Waals surface area (Å²) in [6.45, 7) is 7.24. The van der Waals surface area contributed by atoms with Gasteiger partial charge in [-0.2, -0.15) is 0 Å². The van der Waals surface area contributed by atoms with Crippen molar-refractivity contribution in [2.45, 2.75) is 39.3 Å². The molecule has 0 amide bonds. The smallest absolute Gasteiger partial charge is 0.358 e. The molecule has 1 aliphatic rings. The molecule has 1 N–H and O–H groups in total. The van der Waals surface area contributed by atoms with Crippen LogP contribution in [0.3, 0.4) is 0 Å². The summed E-state index contributed by atoms with van der Waals surface area (Å²) in [6.07, 6.45) is 4.00. The number of likely N-dealkylation sites (tertiary alicyclic amines) is 1. The molecule has 0 saturated carbocycles. The Morgan fingerprint density at radius 2 is 2.33 bits per heavy atom. The van der Waals surface area contributed by atoms with Gasteiger partial charge in [0, 0.05) is 12.6 Å². The normalized spacial score (nSPS) is 20.7. The van der Waals surface area contributed by atoms with Crippen LogP contribution in [-0.4, -0.2) is 50.1 Å². The topological polar surface area (TPSA) is 71.2 Å². The molecular formula is C12H20N4O2. The second-order valence-electron chi connectivity index (χ2n) is 5.16. The summed E-state index contributed by atoms with van der Waals surface area (Å²) in [5, 5.41) is 16.2. The van der Waals surface area contributed by atoms with Crippen molar-refractivity contribution in [1.82, 2.24) is 19.9 Å². The molecule has 2 rings (SSSR count). The molecule has 6 heteroatoms. The van der Waals surface area contributed by atoms with Crippen LogP contribution in [0.25, 0.3) is 0 Å². The van der Waals surface area contributed by atoms with Crippen molar-refractivity contribution in [2.24, 2.45) is 5.92 Å². The maximum atomic E-state index is 10.7. The Morgan fingerprint density at radius 1 is 1.56 bits per heavy atom. The molecule has 0 aliphatic carbocycles. The van der Waals surface area contributed by atoms with Crippen molar-refractivity contribution in [3.05, 3.63) is 11.9 Å². The lowest BCUT2D eigenvalue weighted by molar-refractivity contribution is 0.0690. The Labute approximate surface area is 107 Å².